The summed E-state index contributed by atoms with van der Waals surface area (Å²) in [6.45, 7) is 5.12. The summed E-state index contributed by atoms with van der Waals surface area (Å²) in [6, 6.07) is 20.4. The Bertz CT molecular complexity index is 2660. The van der Waals surface area contributed by atoms with E-state index in [-0.39, 0.29) is 29.4 Å². The molecular weight excluding hydrogens is 793 g/mol. The van der Waals surface area contributed by atoms with Crippen LogP contribution in [0.5, 0.6) is 0 Å². The van der Waals surface area contributed by atoms with E-state index in [0.717, 1.165) is 60.2 Å². The van der Waals surface area contributed by atoms with E-state index in [4.69, 9.17) is 10.2 Å². The number of carbonyl (C=O) groups excluding carboxylic acids is 4. The minimum absolute atomic E-state index is 0.00463. The number of rotatable bonds is 11. The molecule has 2 aromatic carbocycles. The monoisotopic (exact) mass is 838 g/mol. The molecule has 0 radical (unpaired) electrons. The van der Waals surface area contributed by atoms with Crippen molar-refractivity contribution < 1.29 is 19.2 Å². The molecule has 4 aliphatic heterocycles. The lowest BCUT2D eigenvalue weighted by Gasteiger charge is -2.40. The van der Waals surface area contributed by atoms with Gasteiger partial charge in [0.1, 0.15) is 36.4 Å². The van der Waals surface area contributed by atoms with Crippen LogP contribution in [0.15, 0.2) is 79.4 Å². The molecule has 20 heteroatoms. The van der Waals surface area contributed by atoms with Gasteiger partial charge in [-0.1, -0.05) is 42.5 Å². The van der Waals surface area contributed by atoms with Crippen LogP contribution in [0.1, 0.15) is 68.4 Å². The molecule has 0 saturated carbocycles. The Balaban J connectivity index is 0.713. The minimum Gasteiger partial charge on any atom is -0.370 e. The zero-order chi connectivity index (χ0) is 42.5. The van der Waals surface area contributed by atoms with E-state index < -0.39 is 23.9 Å². The fourth-order valence-corrected chi connectivity index (χ4v) is 8.41. The molecule has 2 atom stereocenters. The van der Waals surface area contributed by atoms with Gasteiger partial charge in [0, 0.05) is 83.0 Å². The standard InChI is InChI=1S/C42H46N16O4/c1-52-35-16-33(28-18-43-19-28)48-57(35)13-11-31(41(52)61)47-40(60)38-45-25-56(51-38)21-27-9-6-10-30(15-27)54-22-29(23-54)34-17-36-53(2)42(62)32(12-14-58(36)49-34)46-39(59)37-44-24-55(50-37)20-26-7-4-3-5-8-26/h3-10,15-17,24-25,28-29,31-32,43H,11-14,18-23H2,1-2H3,(H,46,59)(H,47,60)/t31-,32+/m0/s1. The normalized spacial score (nSPS) is 19.3. The third kappa shape index (κ3) is 7.56. The first-order valence-corrected chi connectivity index (χ1v) is 20.8. The molecule has 8 heterocycles. The summed E-state index contributed by atoms with van der Waals surface area (Å²) in [5.41, 5.74) is 4.96. The second-order valence-corrected chi connectivity index (χ2v) is 16.4. The zero-order valence-electron chi connectivity index (χ0n) is 34.3. The molecule has 4 aliphatic rings. The molecule has 0 bridgehead atoms. The molecule has 4 aromatic heterocycles. The van der Waals surface area contributed by atoms with E-state index in [2.05, 4.69) is 53.1 Å². The van der Waals surface area contributed by atoms with Gasteiger partial charge in [-0.2, -0.15) is 10.2 Å². The average molecular weight is 839 g/mol. The molecular formula is C42H46N16O4. The van der Waals surface area contributed by atoms with Crippen LogP contribution in [0.2, 0.25) is 0 Å². The van der Waals surface area contributed by atoms with Crippen molar-refractivity contribution in [2.24, 2.45) is 0 Å². The lowest BCUT2D eigenvalue weighted by atomic mass is 9.95. The van der Waals surface area contributed by atoms with Gasteiger partial charge in [0.05, 0.1) is 24.5 Å². The average Bonchev–Trinajstić information content (AvgIpc) is 4.05. The molecule has 2 saturated heterocycles. The molecule has 62 heavy (non-hydrogen) atoms. The Morgan fingerprint density at radius 1 is 0.661 bits per heavy atom. The summed E-state index contributed by atoms with van der Waals surface area (Å²) in [7, 11) is 3.42. The first-order valence-electron chi connectivity index (χ1n) is 20.8. The highest BCUT2D eigenvalue weighted by molar-refractivity contribution is 6.01. The Hall–Kier alpha value is -7.22. The SMILES string of the molecule is CN1C(=O)[C@@H](NC(=O)c2ncn(Cc3cccc(N4CC(c5cc6n(n5)CC[C@@H](NC(=O)c5ncn(Cc7ccccc7)n5)C(=O)N6C)C4)c3)n2)CCn2nc(C3CNC3)cc21. The second-order valence-electron chi connectivity index (χ2n) is 16.4. The highest BCUT2D eigenvalue weighted by Gasteiger charge is 2.36. The van der Waals surface area contributed by atoms with E-state index in [1.165, 1.54) is 12.7 Å². The molecule has 20 nitrogen and oxygen atoms in total. The Labute approximate surface area is 355 Å². The van der Waals surface area contributed by atoms with Crippen molar-refractivity contribution in [1.29, 1.82) is 0 Å². The van der Waals surface area contributed by atoms with Gasteiger partial charge >= 0.3 is 0 Å². The van der Waals surface area contributed by atoms with Gasteiger partial charge in [0.25, 0.3) is 23.6 Å². The predicted octanol–water partition coefficient (Wildman–Crippen LogP) is 0.980. The fraction of sp³-hybridized carbons (Fsp3) is 0.381. The highest BCUT2D eigenvalue weighted by atomic mass is 16.2. The first-order chi connectivity index (χ1) is 30.1. The number of nitrogens with one attached hydrogen (secondary N) is 3. The lowest BCUT2D eigenvalue weighted by molar-refractivity contribution is -0.120. The van der Waals surface area contributed by atoms with E-state index in [1.807, 2.05) is 64.0 Å². The molecule has 3 N–H and O–H groups in total. The van der Waals surface area contributed by atoms with Crippen LogP contribution in [0.4, 0.5) is 17.3 Å². The Morgan fingerprint density at radius 3 is 1.74 bits per heavy atom. The Morgan fingerprint density at radius 2 is 1.19 bits per heavy atom. The summed E-state index contributed by atoms with van der Waals surface area (Å²) >= 11 is 0. The number of hydrogen-bond donors (Lipinski definition) is 3. The third-order valence-electron chi connectivity index (χ3n) is 12.2. The van der Waals surface area contributed by atoms with Crippen LogP contribution in [0.25, 0.3) is 0 Å². The smallest absolute Gasteiger partial charge is 0.291 e. The van der Waals surface area contributed by atoms with Gasteiger partial charge in [-0.25, -0.2) is 28.7 Å². The molecule has 4 amide bonds. The van der Waals surface area contributed by atoms with Crippen molar-refractivity contribution in [3.63, 3.8) is 0 Å². The van der Waals surface area contributed by atoms with Gasteiger partial charge < -0.3 is 20.9 Å². The quantitative estimate of drug-likeness (QED) is 0.167. The molecule has 0 spiro atoms. The van der Waals surface area contributed by atoms with Gasteiger partial charge in [-0.3, -0.25) is 29.0 Å². The molecule has 2 fully saturated rings. The maximum atomic E-state index is 13.6. The molecule has 6 aromatic rings. The maximum Gasteiger partial charge on any atom is 0.291 e. The summed E-state index contributed by atoms with van der Waals surface area (Å²) in [4.78, 5) is 67.1. The van der Waals surface area contributed by atoms with Crippen molar-refractivity contribution >= 4 is 41.0 Å². The summed E-state index contributed by atoms with van der Waals surface area (Å²) in [5, 5.41) is 27.3. The van der Waals surface area contributed by atoms with Crippen LogP contribution >= 0.6 is 0 Å². The van der Waals surface area contributed by atoms with Crippen molar-refractivity contribution in [1.82, 2.24) is 65.0 Å². The second kappa shape index (κ2) is 16.0. The van der Waals surface area contributed by atoms with Crippen LogP contribution in [-0.4, -0.2) is 125 Å². The van der Waals surface area contributed by atoms with Crippen LogP contribution < -0.4 is 30.7 Å². The number of likely N-dealkylation sites (N-methyl/N-ethyl adjacent to an activating group) is 2. The lowest BCUT2D eigenvalue weighted by Crippen LogP contribution is -2.47. The van der Waals surface area contributed by atoms with E-state index in [9.17, 15) is 19.2 Å². The third-order valence-corrected chi connectivity index (χ3v) is 12.2. The molecule has 0 aliphatic carbocycles. The first kappa shape index (κ1) is 38.9. The van der Waals surface area contributed by atoms with Gasteiger partial charge in [-0.05, 0) is 36.1 Å². The number of benzene rings is 2. The fourth-order valence-electron chi connectivity index (χ4n) is 8.41. The van der Waals surface area contributed by atoms with Crippen molar-refractivity contribution in [3.05, 3.63) is 114 Å². The molecule has 0 unspecified atom stereocenters. The predicted molar refractivity (Wildman–Crippen MR) is 225 cm³/mol. The largest absolute Gasteiger partial charge is 0.370 e. The van der Waals surface area contributed by atoms with Crippen LogP contribution in [0.3, 0.4) is 0 Å². The number of carbonyl (C=O) groups is 4. The van der Waals surface area contributed by atoms with Crippen molar-refractivity contribution in [2.45, 2.75) is 62.9 Å². The highest BCUT2D eigenvalue weighted by Crippen LogP contribution is 2.34. The topological polar surface area (TPSA) is 211 Å². The van der Waals surface area contributed by atoms with Gasteiger partial charge in [0.15, 0.2) is 0 Å². The number of aryl methyl sites for hydroxylation is 2. The summed E-state index contributed by atoms with van der Waals surface area (Å²) in [5.74, 6) is 0.504. The zero-order valence-corrected chi connectivity index (χ0v) is 34.3. The van der Waals surface area contributed by atoms with Crippen LogP contribution in [-0.2, 0) is 35.8 Å². The van der Waals surface area contributed by atoms with Crippen molar-refractivity contribution in [2.75, 3.05) is 55.0 Å². The van der Waals surface area contributed by atoms with Gasteiger partial charge in [-0.15, -0.1) is 10.2 Å². The maximum absolute atomic E-state index is 13.6. The Kier molecular flexibility index (Phi) is 10.0. The van der Waals surface area contributed by atoms with Crippen LogP contribution in [0, 0.1) is 0 Å². The number of nitrogens with zero attached hydrogens (tertiary/aromatic N) is 13. The molecule has 10 rings (SSSR count). The number of anilines is 3. The number of aromatic nitrogens is 10. The van der Waals surface area contributed by atoms with Gasteiger partial charge in [0.2, 0.25) is 11.6 Å². The number of amides is 4. The van der Waals surface area contributed by atoms with E-state index >= 15 is 0 Å². The number of hydrogen-bond acceptors (Lipinski definition) is 12. The number of fused-ring (bicyclic) bond motifs is 2. The van der Waals surface area contributed by atoms with Crippen molar-refractivity contribution in [3.8, 4) is 0 Å². The minimum atomic E-state index is -0.749. The van der Waals surface area contributed by atoms with E-state index in [0.29, 0.717) is 50.8 Å². The summed E-state index contributed by atoms with van der Waals surface area (Å²) < 4.78 is 6.90. The van der Waals surface area contributed by atoms with E-state index in [1.54, 1.807) is 33.3 Å². The molecule has 318 valence electrons. The summed E-state index contributed by atoms with van der Waals surface area (Å²) in [6.07, 6.45) is 3.81.